The maximum atomic E-state index is 12.5. The molecule has 1 amide bonds. The minimum Gasteiger partial charge on any atom is -0.326 e. The van der Waals surface area contributed by atoms with Gasteiger partial charge in [-0.05, 0) is 60.7 Å². The Labute approximate surface area is 148 Å². The topological polar surface area (TPSA) is 75.3 Å². The Kier molecular flexibility index (Phi) is 4.81. The molecule has 1 aliphatic carbocycles. The van der Waals surface area contributed by atoms with Crippen molar-refractivity contribution < 1.29 is 13.2 Å². The van der Waals surface area contributed by atoms with Crippen molar-refractivity contribution in [2.75, 3.05) is 10.0 Å². The fourth-order valence-electron chi connectivity index (χ4n) is 2.46. The van der Waals surface area contributed by atoms with E-state index in [0.29, 0.717) is 17.3 Å². The van der Waals surface area contributed by atoms with E-state index in [-0.39, 0.29) is 16.7 Å². The van der Waals surface area contributed by atoms with E-state index in [4.69, 9.17) is 0 Å². The number of sulfonamides is 1. The number of rotatable bonds is 6. The molecule has 0 spiro atoms. The summed E-state index contributed by atoms with van der Waals surface area (Å²) in [5.41, 5.74) is 2.22. The summed E-state index contributed by atoms with van der Waals surface area (Å²) < 4.78 is 27.5. The third-order valence-electron chi connectivity index (χ3n) is 4.21. The lowest BCUT2D eigenvalue weighted by Crippen LogP contribution is -2.14. The maximum Gasteiger partial charge on any atom is 0.261 e. The summed E-state index contributed by atoms with van der Waals surface area (Å²) in [7, 11) is -3.63. The average molecular weight is 358 g/mol. The van der Waals surface area contributed by atoms with Gasteiger partial charge in [-0.15, -0.1) is 0 Å². The second-order valence-corrected chi connectivity index (χ2v) is 8.35. The van der Waals surface area contributed by atoms with E-state index in [1.54, 1.807) is 36.4 Å². The van der Waals surface area contributed by atoms with Gasteiger partial charge >= 0.3 is 0 Å². The summed E-state index contributed by atoms with van der Waals surface area (Å²) in [6.45, 7) is 4.12. The molecule has 0 saturated heterocycles. The zero-order valence-corrected chi connectivity index (χ0v) is 15.1. The van der Waals surface area contributed by atoms with E-state index in [9.17, 15) is 13.2 Å². The molecule has 0 heterocycles. The Morgan fingerprint density at radius 2 is 1.52 bits per heavy atom. The van der Waals surface area contributed by atoms with Crippen molar-refractivity contribution in [2.24, 2.45) is 5.92 Å². The van der Waals surface area contributed by atoms with Crippen LogP contribution in [-0.2, 0) is 14.8 Å². The van der Waals surface area contributed by atoms with Crippen molar-refractivity contribution >= 4 is 27.3 Å². The highest BCUT2D eigenvalue weighted by atomic mass is 32.2. The minimum absolute atomic E-state index is 0.0265. The first-order chi connectivity index (χ1) is 11.8. The van der Waals surface area contributed by atoms with Crippen LogP contribution in [0.15, 0.2) is 53.4 Å². The van der Waals surface area contributed by atoms with E-state index < -0.39 is 10.0 Å². The highest BCUT2D eigenvalue weighted by Crippen LogP contribution is 2.30. The van der Waals surface area contributed by atoms with Gasteiger partial charge in [0.2, 0.25) is 5.91 Å². The van der Waals surface area contributed by atoms with Gasteiger partial charge in [-0.3, -0.25) is 9.52 Å². The Morgan fingerprint density at radius 3 is 2.04 bits per heavy atom. The van der Waals surface area contributed by atoms with Gasteiger partial charge < -0.3 is 5.32 Å². The molecule has 1 fully saturated rings. The first kappa shape index (κ1) is 17.5. The fourth-order valence-corrected chi connectivity index (χ4v) is 3.52. The molecule has 2 aromatic carbocycles. The Hall–Kier alpha value is -2.34. The van der Waals surface area contributed by atoms with Gasteiger partial charge in [-0.25, -0.2) is 8.42 Å². The summed E-state index contributed by atoms with van der Waals surface area (Å²) in [5.74, 6) is 0.508. The van der Waals surface area contributed by atoms with Crippen LogP contribution in [0.3, 0.4) is 0 Å². The standard InChI is InChI=1S/C19H22N2O3S/c1-13(2)14-5-11-18(12-6-14)25(23,24)21-17-9-7-16(8-10-17)20-19(22)15-3-4-15/h5-13,15,21H,3-4H2,1-2H3,(H,20,22). The quantitative estimate of drug-likeness (QED) is 0.821. The molecule has 2 N–H and O–H groups in total. The molecule has 2 aromatic rings. The zero-order valence-electron chi connectivity index (χ0n) is 14.3. The molecule has 1 saturated carbocycles. The molecule has 1 aliphatic rings. The SMILES string of the molecule is CC(C)c1ccc(S(=O)(=O)Nc2ccc(NC(=O)C3CC3)cc2)cc1. The fraction of sp³-hybridized carbons (Fsp3) is 0.316. The second kappa shape index (κ2) is 6.88. The lowest BCUT2D eigenvalue weighted by atomic mass is 10.0. The lowest BCUT2D eigenvalue weighted by molar-refractivity contribution is -0.117. The molecular weight excluding hydrogens is 336 g/mol. The van der Waals surface area contributed by atoms with E-state index in [2.05, 4.69) is 23.9 Å². The number of nitrogens with one attached hydrogen (secondary N) is 2. The smallest absolute Gasteiger partial charge is 0.261 e. The van der Waals surface area contributed by atoms with Gasteiger partial charge in [0, 0.05) is 17.3 Å². The molecule has 0 bridgehead atoms. The predicted octanol–water partition coefficient (Wildman–Crippen LogP) is 3.96. The molecule has 25 heavy (non-hydrogen) atoms. The zero-order chi connectivity index (χ0) is 18.0. The summed E-state index contributed by atoms with van der Waals surface area (Å²) in [6.07, 6.45) is 1.89. The van der Waals surface area contributed by atoms with Crippen LogP contribution in [0.4, 0.5) is 11.4 Å². The number of carbonyl (C=O) groups excluding carboxylic acids is 1. The maximum absolute atomic E-state index is 12.5. The molecule has 6 heteroatoms. The molecule has 0 aliphatic heterocycles. The number of amides is 1. The van der Waals surface area contributed by atoms with Crippen LogP contribution in [0.2, 0.25) is 0 Å². The number of anilines is 2. The van der Waals surface area contributed by atoms with Crippen LogP contribution in [0.5, 0.6) is 0 Å². The number of carbonyl (C=O) groups is 1. The predicted molar refractivity (Wildman–Crippen MR) is 99.1 cm³/mol. The summed E-state index contributed by atoms with van der Waals surface area (Å²) in [5, 5.41) is 2.83. The Bertz CT molecular complexity index is 853. The lowest BCUT2D eigenvalue weighted by Gasteiger charge is -2.11. The number of hydrogen-bond donors (Lipinski definition) is 2. The molecular formula is C19H22N2O3S. The molecule has 5 nitrogen and oxygen atoms in total. The molecule has 3 rings (SSSR count). The highest BCUT2D eigenvalue weighted by Gasteiger charge is 2.29. The van der Waals surface area contributed by atoms with Crippen molar-refractivity contribution in [3.8, 4) is 0 Å². The normalized spacial score (nSPS) is 14.4. The van der Waals surface area contributed by atoms with Crippen LogP contribution < -0.4 is 10.0 Å². The Morgan fingerprint density at radius 1 is 0.960 bits per heavy atom. The number of benzene rings is 2. The van der Waals surface area contributed by atoms with Gasteiger partial charge in [0.1, 0.15) is 0 Å². The molecule has 0 aromatic heterocycles. The van der Waals surface area contributed by atoms with Crippen LogP contribution in [0, 0.1) is 5.92 Å². The van der Waals surface area contributed by atoms with Crippen LogP contribution in [0.1, 0.15) is 38.2 Å². The molecule has 0 radical (unpaired) electrons. The van der Waals surface area contributed by atoms with E-state index in [1.807, 2.05) is 12.1 Å². The van der Waals surface area contributed by atoms with Crippen molar-refractivity contribution in [2.45, 2.75) is 37.5 Å². The summed E-state index contributed by atoms with van der Waals surface area (Å²) in [4.78, 5) is 12.0. The van der Waals surface area contributed by atoms with Gasteiger partial charge in [-0.1, -0.05) is 26.0 Å². The van der Waals surface area contributed by atoms with Crippen molar-refractivity contribution in [1.82, 2.24) is 0 Å². The van der Waals surface area contributed by atoms with Gasteiger partial charge in [0.05, 0.1) is 4.90 Å². The van der Waals surface area contributed by atoms with Crippen molar-refractivity contribution in [3.05, 3.63) is 54.1 Å². The van der Waals surface area contributed by atoms with Crippen LogP contribution in [-0.4, -0.2) is 14.3 Å². The molecule has 132 valence electrons. The largest absolute Gasteiger partial charge is 0.326 e. The average Bonchev–Trinajstić information content (AvgIpc) is 3.41. The van der Waals surface area contributed by atoms with Crippen molar-refractivity contribution in [3.63, 3.8) is 0 Å². The van der Waals surface area contributed by atoms with Gasteiger partial charge in [0.15, 0.2) is 0 Å². The number of hydrogen-bond acceptors (Lipinski definition) is 3. The highest BCUT2D eigenvalue weighted by molar-refractivity contribution is 7.92. The van der Waals surface area contributed by atoms with Gasteiger partial charge in [0.25, 0.3) is 10.0 Å². The first-order valence-electron chi connectivity index (χ1n) is 8.39. The van der Waals surface area contributed by atoms with E-state index >= 15 is 0 Å². The van der Waals surface area contributed by atoms with Crippen molar-refractivity contribution in [1.29, 1.82) is 0 Å². The summed E-state index contributed by atoms with van der Waals surface area (Å²) >= 11 is 0. The first-order valence-corrected chi connectivity index (χ1v) is 9.87. The third-order valence-corrected chi connectivity index (χ3v) is 5.61. The Balaban J connectivity index is 1.68. The summed E-state index contributed by atoms with van der Waals surface area (Å²) in [6, 6.07) is 13.6. The van der Waals surface area contributed by atoms with Gasteiger partial charge in [-0.2, -0.15) is 0 Å². The molecule has 0 atom stereocenters. The monoisotopic (exact) mass is 358 g/mol. The van der Waals surface area contributed by atoms with E-state index in [0.717, 1.165) is 18.4 Å². The third kappa shape index (κ3) is 4.39. The van der Waals surface area contributed by atoms with Crippen LogP contribution >= 0.6 is 0 Å². The molecule has 0 unspecified atom stereocenters. The second-order valence-electron chi connectivity index (χ2n) is 6.67. The van der Waals surface area contributed by atoms with E-state index in [1.165, 1.54) is 0 Å². The van der Waals surface area contributed by atoms with Crippen LogP contribution in [0.25, 0.3) is 0 Å². The minimum atomic E-state index is -3.63.